The fourth-order valence-corrected chi connectivity index (χ4v) is 4.08. The van der Waals surface area contributed by atoms with Crippen LogP contribution in [0.25, 0.3) is 33.3 Å². The number of ether oxygens (including phenoxy) is 1. The molecule has 0 spiro atoms. The predicted molar refractivity (Wildman–Crippen MR) is 117 cm³/mol. The number of aliphatic hydroxyl groups is 1. The van der Waals surface area contributed by atoms with E-state index in [1.54, 1.807) is 7.11 Å². The SMILES string of the molecule is COc1ccc(-c2c[nH]c3ncc(-c4ccc(CN5CCC(O)C5)cc4)cc23)cn1. The molecule has 1 fully saturated rings. The van der Waals surface area contributed by atoms with Crippen molar-refractivity contribution in [3.8, 4) is 28.1 Å². The van der Waals surface area contributed by atoms with E-state index in [1.807, 2.05) is 30.7 Å². The third-order valence-electron chi connectivity index (χ3n) is 5.73. The molecule has 4 aromatic rings. The van der Waals surface area contributed by atoms with Gasteiger partial charge in [-0.05, 0) is 29.7 Å². The van der Waals surface area contributed by atoms with Crippen LogP contribution in [0.2, 0.25) is 0 Å². The van der Waals surface area contributed by atoms with Gasteiger partial charge in [-0.1, -0.05) is 24.3 Å². The minimum Gasteiger partial charge on any atom is -0.481 e. The van der Waals surface area contributed by atoms with Gasteiger partial charge < -0.3 is 14.8 Å². The fraction of sp³-hybridized carbons (Fsp3) is 0.250. The molecule has 6 heteroatoms. The van der Waals surface area contributed by atoms with Gasteiger partial charge in [0.05, 0.1) is 13.2 Å². The largest absolute Gasteiger partial charge is 0.481 e. The van der Waals surface area contributed by atoms with Crippen molar-refractivity contribution in [2.75, 3.05) is 20.2 Å². The van der Waals surface area contributed by atoms with Crippen LogP contribution in [0.3, 0.4) is 0 Å². The number of pyridine rings is 2. The molecule has 30 heavy (non-hydrogen) atoms. The quantitative estimate of drug-likeness (QED) is 0.532. The van der Waals surface area contributed by atoms with E-state index in [0.717, 1.165) is 59.3 Å². The minimum atomic E-state index is -0.182. The van der Waals surface area contributed by atoms with Crippen LogP contribution in [0.5, 0.6) is 5.88 Å². The molecule has 3 aromatic heterocycles. The lowest BCUT2D eigenvalue weighted by atomic mass is 10.0. The Labute approximate surface area is 175 Å². The molecule has 1 atom stereocenters. The maximum Gasteiger partial charge on any atom is 0.212 e. The number of aromatic nitrogens is 3. The average Bonchev–Trinajstić information content (AvgIpc) is 3.40. The average molecular weight is 400 g/mol. The summed E-state index contributed by atoms with van der Waals surface area (Å²) >= 11 is 0. The normalized spacial score (nSPS) is 16.9. The summed E-state index contributed by atoms with van der Waals surface area (Å²) in [5.41, 5.74) is 6.41. The molecular weight excluding hydrogens is 376 g/mol. The highest BCUT2D eigenvalue weighted by Gasteiger charge is 2.19. The van der Waals surface area contributed by atoms with Gasteiger partial charge in [-0.15, -0.1) is 0 Å². The lowest BCUT2D eigenvalue weighted by molar-refractivity contribution is 0.175. The first kappa shape index (κ1) is 18.8. The van der Waals surface area contributed by atoms with Gasteiger partial charge in [-0.3, -0.25) is 4.90 Å². The Hall–Kier alpha value is -3.22. The van der Waals surface area contributed by atoms with Crippen LogP contribution in [-0.2, 0) is 6.54 Å². The number of hydrogen-bond donors (Lipinski definition) is 2. The maximum absolute atomic E-state index is 9.71. The number of rotatable bonds is 5. The van der Waals surface area contributed by atoms with Crippen LogP contribution in [0, 0.1) is 0 Å². The molecular formula is C24H24N4O2. The summed E-state index contributed by atoms with van der Waals surface area (Å²) < 4.78 is 5.16. The standard InChI is InChI=1S/C24H24N4O2/c1-30-23-7-6-18(11-25-23)22-13-27-24-21(22)10-19(12-26-24)17-4-2-16(3-5-17)14-28-9-8-20(29)15-28/h2-7,10-13,20,29H,8-9,14-15H2,1H3,(H,26,27). The smallest absolute Gasteiger partial charge is 0.212 e. The van der Waals surface area contributed by atoms with Gasteiger partial charge in [0.15, 0.2) is 0 Å². The van der Waals surface area contributed by atoms with E-state index >= 15 is 0 Å². The maximum atomic E-state index is 9.71. The number of methoxy groups -OCH3 is 1. The van der Waals surface area contributed by atoms with Gasteiger partial charge >= 0.3 is 0 Å². The first-order valence-corrected chi connectivity index (χ1v) is 10.2. The van der Waals surface area contributed by atoms with Crippen molar-refractivity contribution in [3.63, 3.8) is 0 Å². The van der Waals surface area contributed by atoms with Crippen LogP contribution < -0.4 is 4.74 Å². The first-order chi connectivity index (χ1) is 14.7. The van der Waals surface area contributed by atoms with E-state index in [9.17, 15) is 5.11 Å². The third-order valence-corrected chi connectivity index (χ3v) is 5.73. The number of fused-ring (bicyclic) bond motifs is 1. The molecule has 152 valence electrons. The van der Waals surface area contributed by atoms with Gasteiger partial charge in [0.2, 0.25) is 5.88 Å². The second-order valence-electron chi connectivity index (χ2n) is 7.79. The monoisotopic (exact) mass is 400 g/mol. The second kappa shape index (κ2) is 7.89. The lowest BCUT2D eigenvalue weighted by Gasteiger charge is -2.15. The molecule has 0 aliphatic carbocycles. The number of aromatic amines is 1. The molecule has 0 bridgehead atoms. The van der Waals surface area contributed by atoms with E-state index in [0.29, 0.717) is 5.88 Å². The molecule has 6 nitrogen and oxygen atoms in total. The van der Waals surface area contributed by atoms with Crippen molar-refractivity contribution < 1.29 is 9.84 Å². The van der Waals surface area contributed by atoms with E-state index < -0.39 is 0 Å². The van der Waals surface area contributed by atoms with Gasteiger partial charge in [-0.25, -0.2) is 9.97 Å². The van der Waals surface area contributed by atoms with Crippen molar-refractivity contribution in [3.05, 3.63) is 66.6 Å². The molecule has 2 N–H and O–H groups in total. The van der Waals surface area contributed by atoms with E-state index in [1.165, 1.54) is 5.56 Å². The zero-order valence-corrected chi connectivity index (χ0v) is 16.9. The summed E-state index contributed by atoms with van der Waals surface area (Å²) in [7, 11) is 1.61. The zero-order valence-electron chi connectivity index (χ0n) is 16.9. The number of β-amino-alcohol motifs (C(OH)–C–C–N with tert-alkyl or cyclic N) is 1. The van der Waals surface area contributed by atoms with Crippen LogP contribution >= 0.6 is 0 Å². The van der Waals surface area contributed by atoms with Crippen molar-refractivity contribution in [1.29, 1.82) is 0 Å². The van der Waals surface area contributed by atoms with Gasteiger partial charge in [0, 0.05) is 66.4 Å². The Kier molecular flexibility index (Phi) is 4.94. The number of hydrogen-bond acceptors (Lipinski definition) is 5. The van der Waals surface area contributed by atoms with Crippen molar-refractivity contribution >= 4 is 11.0 Å². The summed E-state index contributed by atoms with van der Waals surface area (Å²) in [6, 6.07) is 14.7. The number of aliphatic hydroxyl groups excluding tert-OH is 1. The Balaban J connectivity index is 1.41. The molecule has 4 heterocycles. The Morgan fingerprint density at radius 2 is 1.87 bits per heavy atom. The second-order valence-corrected chi connectivity index (χ2v) is 7.79. The molecule has 1 saturated heterocycles. The highest BCUT2D eigenvalue weighted by molar-refractivity contribution is 5.95. The summed E-state index contributed by atoms with van der Waals surface area (Å²) in [5.74, 6) is 0.598. The molecule has 0 amide bonds. The molecule has 0 saturated carbocycles. The fourth-order valence-electron chi connectivity index (χ4n) is 4.08. The van der Waals surface area contributed by atoms with Crippen molar-refractivity contribution in [1.82, 2.24) is 19.9 Å². The molecule has 5 rings (SSSR count). The van der Waals surface area contributed by atoms with E-state index in [4.69, 9.17) is 4.74 Å². The summed E-state index contributed by atoms with van der Waals surface area (Å²) in [6.07, 6.45) is 6.38. The Morgan fingerprint density at radius 3 is 2.57 bits per heavy atom. The minimum absolute atomic E-state index is 0.182. The highest BCUT2D eigenvalue weighted by atomic mass is 16.5. The molecule has 1 unspecified atom stereocenters. The summed E-state index contributed by atoms with van der Waals surface area (Å²) in [6.45, 7) is 2.60. The lowest BCUT2D eigenvalue weighted by Crippen LogP contribution is -2.21. The number of nitrogens with one attached hydrogen (secondary N) is 1. The van der Waals surface area contributed by atoms with Crippen molar-refractivity contribution in [2.24, 2.45) is 0 Å². The molecule has 1 aromatic carbocycles. The Bertz CT molecular complexity index is 1150. The van der Waals surface area contributed by atoms with Gasteiger partial charge in [0.1, 0.15) is 5.65 Å². The summed E-state index contributed by atoms with van der Waals surface area (Å²) in [5, 5.41) is 10.8. The third kappa shape index (κ3) is 3.67. The van der Waals surface area contributed by atoms with E-state index in [-0.39, 0.29) is 6.10 Å². The number of benzene rings is 1. The summed E-state index contributed by atoms with van der Waals surface area (Å²) in [4.78, 5) is 14.5. The van der Waals surface area contributed by atoms with Gasteiger partial charge in [0.25, 0.3) is 0 Å². The number of H-pyrrole nitrogens is 1. The van der Waals surface area contributed by atoms with Crippen LogP contribution in [-0.4, -0.2) is 51.3 Å². The Morgan fingerprint density at radius 1 is 1.07 bits per heavy atom. The molecule has 1 aliphatic heterocycles. The topological polar surface area (TPSA) is 74.3 Å². The zero-order chi connectivity index (χ0) is 20.5. The van der Waals surface area contributed by atoms with Crippen molar-refractivity contribution in [2.45, 2.75) is 19.1 Å². The van der Waals surface area contributed by atoms with Gasteiger partial charge in [-0.2, -0.15) is 0 Å². The molecule has 1 aliphatic rings. The van der Waals surface area contributed by atoms with Crippen LogP contribution in [0.4, 0.5) is 0 Å². The first-order valence-electron chi connectivity index (χ1n) is 10.2. The van der Waals surface area contributed by atoms with Crippen LogP contribution in [0.15, 0.2) is 61.1 Å². The number of nitrogens with zero attached hydrogens (tertiary/aromatic N) is 3. The molecule has 0 radical (unpaired) electrons. The predicted octanol–water partition coefficient (Wildman–Crippen LogP) is 3.87. The van der Waals surface area contributed by atoms with Crippen LogP contribution in [0.1, 0.15) is 12.0 Å². The highest BCUT2D eigenvalue weighted by Crippen LogP contribution is 2.31. The number of likely N-dealkylation sites (tertiary alicyclic amines) is 1. The van der Waals surface area contributed by atoms with E-state index in [2.05, 4.69) is 50.2 Å².